The van der Waals surface area contributed by atoms with Crippen LogP contribution in [0, 0.1) is 5.41 Å². The van der Waals surface area contributed by atoms with Gasteiger partial charge in [0, 0.05) is 17.3 Å². The van der Waals surface area contributed by atoms with E-state index in [0.717, 1.165) is 31.6 Å². The van der Waals surface area contributed by atoms with Crippen LogP contribution in [0.1, 0.15) is 18.4 Å². The van der Waals surface area contributed by atoms with Gasteiger partial charge in [-0.1, -0.05) is 18.2 Å². The van der Waals surface area contributed by atoms with E-state index in [-0.39, 0.29) is 24.0 Å². The number of nitrogens with two attached hydrogens (primary N) is 1. The number of hydrogen-bond acceptors (Lipinski definition) is 3. The van der Waals surface area contributed by atoms with Gasteiger partial charge >= 0.3 is 6.03 Å². The first kappa shape index (κ1) is 15.6. The number of nitrogens with zero attached hydrogens (tertiary/aromatic N) is 2. The van der Waals surface area contributed by atoms with Gasteiger partial charge < -0.3 is 16.0 Å². The lowest BCUT2D eigenvalue weighted by atomic mass is 10.0. The molecule has 0 spiro atoms. The van der Waals surface area contributed by atoms with Gasteiger partial charge in [0.1, 0.15) is 5.84 Å². The Morgan fingerprint density at radius 2 is 2.13 bits per heavy atom. The second-order valence-electron chi connectivity index (χ2n) is 6.05. The Morgan fingerprint density at radius 3 is 2.78 bits per heavy atom. The number of anilines is 1. The molecule has 3 rings (SSSR count). The van der Waals surface area contributed by atoms with Crippen LogP contribution in [-0.4, -0.2) is 48.5 Å². The smallest absolute Gasteiger partial charge is 0.325 e. The highest BCUT2D eigenvalue weighted by molar-refractivity contribution is 5.99. The Labute approximate surface area is 136 Å². The number of urea groups is 1. The zero-order valence-corrected chi connectivity index (χ0v) is 13.2. The van der Waals surface area contributed by atoms with E-state index in [2.05, 4.69) is 11.9 Å². The summed E-state index contributed by atoms with van der Waals surface area (Å²) in [5, 5.41) is 10.9. The molecule has 122 valence electrons. The Balaban J connectivity index is 1.86. The number of carbonyl (C=O) groups is 1. The molecule has 2 aliphatic heterocycles. The maximum absolute atomic E-state index is 13.0. The van der Waals surface area contributed by atoms with Gasteiger partial charge in [-0.15, -0.1) is 6.58 Å². The van der Waals surface area contributed by atoms with Gasteiger partial charge in [-0.2, -0.15) is 0 Å². The molecule has 0 bridgehead atoms. The Kier molecular flexibility index (Phi) is 4.34. The number of nitrogen functional groups attached to an aromatic ring is 1. The van der Waals surface area contributed by atoms with E-state index in [1.165, 1.54) is 0 Å². The molecule has 6 heteroatoms. The van der Waals surface area contributed by atoms with Crippen LogP contribution >= 0.6 is 0 Å². The monoisotopic (exact) mass is 313 g/mol. The van der Waals surface area contributed by atoms with E-state index in [1.54, 1.807) is 17.0 Å². The molecule has 1 aromatic rings. The predicted octanol–water partition coefficient (Wildman–Crippen LogP) is 1.52. The third-order valence-electron chi connectivity index (χ3n) is 4.62. The number of rotatable bonds is 4. The molecule has 1 atom stereocenters. The van der Waals surface area contributed by atoms with Gasteiger partial charge in [0.05, 0.1) is 12.6 Å². The Bertz CT molecular complexity index is 623. The molecule has 4 N–H and O–H groups in total. The third-order valence-corrected chi connectivity index (χ3v) is 4.62. The van der Waals surface area contributed by atoms with Gasteiger partial charge in [-0.25, -0.2) is 4.79 Å². The first-order valence-corrected chi connectivity index (χ1v) is 7.99. The average Bonchev–Trinajstić information content (AvgIpc) is 2.92. The van der Waals surface area contributed by atoms with Crippen molar-refractivity contribution in [3.63, 3.8) is 0 Å². The highest BCUT2D eigenvalue weighted by Crippen LogP contribution is 2.29. The summed E-state index contributed by atoms with van der Waals surface area (Å²) in [6.07, 6.45) is 3.80. The third kappa shape index (κ3) is 2.94. The molecule has 2 aliphatic rings. The van der Waals surface area contributed by atoms with E-state index in [9.17, 15) is 4.79 Å². The Hall–Kier alpha value is -2.34. The number of carbonyl (C=O) groups excluding carboxylic acids is 1. The van der Waals surface area contributed by atoms with Gasteiger partial charge in [-0.3, -0.25) is 10.3 Å². The number of piperidine rings is 1. The molecule has 0 saturated carbocycles. The highest BCUT2D eigenvalue weighted by atomic mass is 16.2. The van der Waals surface area contributed by atoms with Crippen LogP contribution in [0.15, 0.2) is 36.9 Å². The lowest BCUT2D eigenvalue weighted by Gasteiger charge is -2.34. The number of nitrogens with one attached hydrogen (secondary N) is 2. The lowest BCUT2D eigenvalue weighted by Crippen LogP contribution is -2.47. The molecule has 2 fully saturated rings. The summed E-state index contributed by atoms with van der Waals surface area (Å²) < 4.78 is 0. The molecule has 1 aromatic carbocycles. The van der Waals surface area contributed by atoms with Crippen molar-refractivity contribution in [2.75, 3.05) is 24.5 Å². The second-order valence-corrected chi connectivity index (χ2v) is 6.05. The number of benzene rings is 1. The molecule has 2 saturated heterocycles. The van der Waals surface area contributed by atoms with Crippen LogP contribution in [0.25, 0.3) is 0 Å². The van der Waals surface area contributed by atoms with Crippen molar-refractivity contribution in [1.82, 2.24) is 10.2 Å². The molecule has 2 amide bonds. The number of amides is 2. The zero-order valence-electron chi connectivity index (χ0n) is 13.2. The molecule has 0 aliphatic carbocycles. The summed E-state index contributed by atoms with van der Waals surface area (Å²) in [4.78, 5) is 16.7. The fraction of sp³-hybridized carbons (Fsp3) is 0.412. The molecule has 23 heavy (non-hydrogen) atoms. The maximum Gasteiger partial charge on any atom is 0.325 e. The van der Waals surface area contributed by atoms with E-state index in [4.69, 9.17) is 11.1 Å². The van der Waals surface area contributed by atoms with Crippen LogP contribution < -0.4 is 16.0 Å². The first-order valence-electron chi connectivity index (χ1n) is 7.99. The summed E-state index contributed by atoms with van der Waals surface area (Å²) >= 11 is 0. The van der Waals surface area contributed by atoms with Crippen LogP contribution in [0.4, 0.5) is 10.5 Å². The molecular weight excluding hydrogens is 290 g/mol. The molecule has 2 heterocycles. The summed E-state index contributed by atoms with van der Waals surface area (Å²) in [6, 6.07) is 7.59. The normalized spacial score (nSPS) is 22.4. The van der Waals surface area contributed by atoms with Crippen molar-refractivity contribution in [3.05, 3.63) is 42.5 Å². The van der Waals surface area contributed by atoms with Gasteiger partial charge in [0.25, 0.3) is 0 Å². The Morgan fingerprint density at radius 1 is 1.39 bits per heavy atom. The van der Waals surface area contributed by atoms with Crippen molar-refractivity contribution < 1.29 is 4.79 Å². The van der Waals surface area contributed by atoms with Crippen molar-refractivity contribution in [1.29, 1.82) is 5.41 Å². The zero-order chi connectivity index (χ0) is 16.4. The predicted molar refractivity (Wildman–Crippen MR) is 91.9 cm³/mol. The van der Waals surface area contributed by atoms with Crippen LogP contribution in [0.5, 0.6) is 0 Å². The molecule has 0 aromatic heterocycles. The second kappa shape index (κ2) is 6.42. The van der Waals surface area contributed by atoms with E-state index >= 15 is 0 Å². The summed E-state index contributed by atoms with van der Waals surface area (Å²) in [5.74, 6) is 0.00831. The number of hydrogen-bond donors (Lipinski definition) is 3. The fourth-order valence-electron chi connectivity index (χ4n) is 3.39. The highest BCUT2D eigenvalue weighted by Gasteiger charge is 2.40. The lowest BCUT2D eigenvalue weighted by molar-refractivity contribution is 0.170. The molecular formula is C17H23N5O. The van der Waals surface area contributed by atoms with Crippen LogP contribution in [0.2, 0.25) is 0 Å². The topological polar surface area (TPSA) is 85.5 Å². The first-order chi connectivity index (χ1) is 11.1. The maximum atomic E-state index is 13.0. The summed E-state index contributed by atoms with van der Waals surface area (Å²) in [5.41, 5.74) is 6.97. The van der Waals surface area contributed by atoms with Crippen molar-refractivity contribution >= 4 is 17.6 Å². The SMILES string of the molecule is C=CC1CN(c2cccc(C(=N)N)c2)C(=O)N1C1CCNCC1. The standard InChI is InChI=1S/C17H23N5O/c1-2-13-11-21(15-5-3-4-12(10-15)16(18)19)17(23)22(13)14-6-8-20-9-7-14/h2-5,10,13-14,20H,1,6-9,11H2,(H3,18,19). The van der Waals surface area contributed by atoms with E-state index in [0.29, 0.717) is 12.1 Å². The van der Waals surface area contributed by atoms with Crippen LogP contribution in [-0.2, 0) is 0 Å². The largest absolute Gasteiger partial charge is 0.384 e. The number of amidine groups is 1. The summed E-state index contributed by atoms with van der Waals surface area (Å²) in [7, 11) is 0. The van der Waals surface area contributed by atoms with E-state index in [1.807, 2.05) is 23.1 Å². The van der Waals surface area contributed by atoms with Gasteiger partial charge in [-0.05, 0) is 38.1 Å². The fourth-order valence-corrected chi connectivity index (χ4v) is 3.39. The van der Waals surface area contributed by atoms with Crippen molar-refractivity contribution in [2.45, 2.75) is 24.9 Å². The van der Waals surface area contributed by atoms with E-state index < -0.39 is 0 Å². The van der Waals surface area contributed by atoms with Crippen molar-refractivity contribution in [2.24, 2.45) is 5.73 Å². The van der Waals surface area contributed by atoms with Gasteiger partial charge in [0.2, 0.25) is 0 Å². The molecule has 6 nitrogen and oxygen atoms in total. The molecule has 1 unspecified atom stereocenters. The quantitative estimate of drug-likeness (QED) is 0.447. The minimum atomic E-state index is 0.00831. The summed E-state index contributed by atoms with van der Waals surface area (Å²) in [6.45, 7) is 6.38. The minimum Gasteiger partial charge on any atom is -0.384 e. The van der Waals surface area contributed by atoms with Crippen LogP contribution in [0.3, 0.4) is 0 Å². The van der Waals surface area contributed by atoms with Crippen molar-refractivity contribution in [3.8, 4) is 0 Å². The minimum absolute atomic E-state index is 0.00831. The molecule has 0 radical (unpaired) electrons. The average molecular weight is 313 g/mol. The van der Waals surface area contributed by atoms with Gasteiger partial charge in [0.15, 0.2) is 0 Å².